The summed E-state index contributed by atoms with van der Waals surface area (Å²) in [4.78, 5) is 28.8. The topological polar surface area (TPSA) is 50.5 Å². The molecule has 3 aromatic rings. The predicted octanol–water partition coefficient (Wildman–Crippen LogP) is 5.87. The average Bonchev–Trinajstić information content (AvgIpc) is 3.02. The molecule has 3 rings (SSSR count). The molecule has 5 nitrogen and oxygen atoms in total. The molecule has 0 fully saturated rings. The molecule has 0 N–H and O–H groups in total. The van der Waals surface area contributed by atoms with E-state index in [1.807, 2.05) is 61.7 Å². The number of aryl methyl sites for hydroxylation is 2. The summed E-state index contributed by atoms with van der Waals surface area (Å²) in [5, 5.41) is 0. The van der Waals surface area contributed by atoms with Crippen LogP contribution in [0.2, 0.25) is 0 Å². The lowest BCUT2D eigenvalue weighted by Crippen LogP contribution is -3.00. The number of benzene rings is 2. The minimum Gasteiger partial charge on any atom is -1.00 e. The fourth-order valence-corrected chi connectivity index (χ4v) is 5.34. The van der Waals surface area contributed by atoms with Crippen LogP contribution in [0.25, 0.3) is 0 Å². The third kappa shape index (κ3) is 12.4. The lowest BCUT2D eigenvalue weighted by Gasteiger charge is -2.21. The Balaban J connectivity index is 0.00000645. The largest absolute Gasteiger partial charge is 1.00 e. The van der Waals surface area contributed by atoms with Crippen LogP contribution in [-0.2, 0) is 13.1 Å². The van der Waals surface area contributed by atoms with Crippen molar-refractivity contribution < 1.29 is 42.9 Å². The first-order valence-electron chi connectivity index (χ1n) is 16.2. The minimum absolute atomic E-state index is 0. The van der Waals surface area contributed by atoms with E-state index in [-0.39, 0.29) is 42.3 Å². The van der Waals surface area contributed by atoms with Gasteiger partial charge in [0.05, 0.1) is 6.61 Å². The van der Waals surface area contributed by atoms with Gasteiger partial charge in [-0.15, -0.1) is 0 Å². The molecular weight excluding hydrogens is 647 g/mol. The summed E-state index contributed by atoms with van der Waals surface area (Å²) in [6.07, 6.45) is 17.7. The molecule has 1 heterocycles. The number of pyridine rings is 1. The molecule has 43 heavy (non-hydrogen) atoms. The molecule has 0 aliphatic rings. The van der Waals surface area contributed by atoms with E-state index in [0.29, 0.717) is 17.7 Å². The Bertz CT molecular complexity index is 1230. The Morgan fingerprint density at radius 1 is 0.721 bits per heavy atom. The fourth-order valence-electron chi connectivity index (χ4n) is 5.34. The smallest absolute Gasteiger partial charge is 0.261 e. The lowest BCUT2D eigenvalue weighted by atomic mass is 10.1. The molecule has 6 heteroatoms. The second kappa shape index (κ2) is 21.0. The van der Waals surface area contributed by atoms with Gasteiger partial charge in [0.2, 0.25) is 5.69 Å². The maximum atomic E-state index is 13.8. The molecule has 0 saturated heterocycles. The van der Waals surface area contributed by atoms with Gasteiger partial charge in [0, 0.05) is 23.3 Å². The Morgan fingerprint density at radius 2 is 1.33 bits per heavy atom. The summed E-state index contributed by atoms with van der Waals surface area (Å²) >= 11 is 0. The molecule has 1 aromatic heterocycles. The zero-order valence-corrected chi connectivity index (χ0v) is 28.7. The standard InChI is InChI=1S/C37H51N2O3.HI/c1-4-6-7-8-9-10-11-12-13-14-15-21-28-42-34-25-26-35(31(3)29-34)37(41)39(36(40)32-22-17-16-18-23-32)30-33-24-19-20-27-38(33)5-2;/h16-20,22-27,29H,4-15,21,28,30H2,1-3H3;1H/q+1;/p-1. The monoisotopic (exact) mass is 698 g/mol. The van der Waals surface area contributed by atoms with E-state index in [2.05, 4.69) is 18.4 Å². The van der Waals surface area contributed by atoms with E-state index in [4.69, 9.17) is 4.74 Å². The van der Waals surface area contributed by atoms with Gasteiger partial charge in [0.25, 0.3) is 11.8 Å². The highest BCUT2D eigenvalue weighted by atomic mass is 127. The number of amides is 2. The third-order valence-electron chi connectivity index (χ3n) is 7.90. The Labute approximate surface area is 277 Å². The highest BCUT2D eigenvalue weighted by Crippen LogP contribution is 2.21. The Morgan fingerprint density at radius 3 is 1.93 bits per heavy atom. The molecular formula is C37H51IN2O3. The van der Waals surface area contributed by atoms with Crippen LogP contribution in [0.1, 0.15) is 123 Å². The summed E-state index contributed by atoms with van der Waals surface area (Å²) in [7, 11) is 0. The van der Waals surface area contributed by atoms with Gasteiger partial charge in [0.1, 0.15) is 18.8 Å². The maximum Gasteiger partial charge on any atom is 0.261 e. The van der Waals surface area contributed by atoms with Crippen molar-refractivity contribution in [3.63, 3.8) is 0 Å². The fraction of sp³-hybridized carbons (Fsp3) is 0.486. The number of ether oxygens (including phenoxy) is 1. The number of carbonyl (C=O) groups is 2. The number of hydrogen-bond acceptors (Lipinski definition) is 3. The number of rotatable bonds is 19. The molecule has 0 unspecified atom stereocenters. The highest BCUT2D eigenvalue weighted by Gasteiger charge is 2.28. The summed E-state index contributed by atoms with van der Waals surface area (Å²) in [5.41, 5.74) is 2.70. The molecule has 2 aromatic carbocycles. The second-order valence-corrected chi connectivity index (χ2v) is 11.3. The van der Waals surface area contributed by atoms with E-state index in [0.717, 1.165) is 30.0 Å². The first-order chi connectivity index (χ1) is 20.5. The normalized spacial score (nSPS) is 10.7. The van der Waals surface area contributed by atoms with Gasteiger partial charge in [-0.1, -0.05) is 102 Å². The molecule has 2 amide bonds. The van der Waals surface area contributed by atoms with Crippen molar-refractivity contribution in [2.75, 3.05) is 6.61 Å². The summed E-state index contributed by atoms with van der Waals surface area (Å²) in [6, 6.07) is 20.4. The number of hydrogen-bond donors (Lipinski definition) is 0. The number of carbonyl (C=O) groups excluding carboxylic acids is 2. The molecule has 0 bridgehead atoms. The zero-order valence-electron chi connectivity index (χ0n) is 26.5. The summed E-state index contributed by atoms with van der Waals surface area (Å²) < 4.78 is 8.07. The number of aromatic nitrogens is 1. The van der Waals surface area contributed by atoms with E-state index >= 15 is 0 Å². The van der Waals surface area contributed by atoms with E-state index in [1.54, 1.807) is 18.2 Å². The van der Waals surface area contributed by atoms with Crippen molar-refractivity contribution in [1.82, 2.24) is 4.90 Å². The predicted molar refractivity (Wildman–Crippen MR) is 171 cm³/mol. The second-order valence-electron chi connectivity index (χ2n) is 11.3. The Hall–Kier alpha value is -2.74. The van der Waals surface area contributed by atoms with Crippen LogP contribution in [0.5, 0.6) is 5.75 Å². The number of nitrogens with zero attached hydrogens (tertiary/aromatic N) is 2. The van der Waals surface area contributed by atoms with Gasteiger partial charge in [-0.05, 0) is 56.2 Å². The van der Waals surface area contributed by atoms with Crippen molar-refractivity contribution in [2.24, 2.45) is 0 Å². The van der Waals surface area contributed by atoms with Crippen molar-refractivity contribution in [3.05, 3.63) is 95.3 Å². The van der Waals surface area contributed by atoms with Gasteiger partial charge in [-0.3, -0.25) is 14.5 Å². The van der Waals surface area contributed by atoms with E-state index in [9.17, 15) is 9.59 Å². The molecule has 0 aliphatic carbocycles. The van der Waals surface area contributed by atoms with Gasteiger partial charge < -0.3 is 28.7 Å². The van der Waals surface area contributed by atoms with Crippen LogP contribution in [0.4, 0.5) is 0 Å². The average molecular weight is 699 g/mol. The quantitative estimate of drug-likeness (QED) is 0.0682. The van der Waals surface area contributed by atoms with Crippen molar-refractivity contribution in [1.29, 1.82) is 0 Å². The first-order valence-corrected chi connectivity index (χ1v) is 16.2. The van der Waals surface area contributed by atoms with Crippen LogP contribution < -0.4 is 33.3 Å². The lowest BCUT2D eigenvalue weighted by molar-refractivity contribution is -0.701. The van der Waals surface area contributed by atoms with Crippen LogP contribution in [0.3, 0.4) is 0 Å². The third-order valence-corrected chi connectivity index (χ3v) is 7.90. The Kier molecular flexibility index (Phi) is 17.8. The van der Waals surface area contributed by atoms with E-state index in [1.165, 1.54) is 75.5 Å². The number of imide groups is 1. The minimum atomic E-state index is -0.307. The SMILES string of the molecule is CCCCCCCCCCCCCCOc1ccc(C(=O)N(Cc2cccc[n+]2CC)C(=O)c2ccccc2)c(C)c1.[I-]. The molecule has 0 spiro atoms. The van der Waals surface area contributed by atoms with Crippen LogP contribution in [-0.4, -0.2) is 23.3 Å². The molecule has 234 valence electrons. The number of halogens is 1. The van der Waals surface area contributed by atoms with Gasteiger partial charge >= 0.3 is 0 Å². The van der Waals surface area contributed by atoms with Crippen molar-refractivity contribution in [3.8, 4) is 5.75 Å². The first kappa shape index (κ1) is 36.5. The summed E-state index contributed by atoms with van der Waals surface area (Å²) in [6.45, 7) is 7.84. The molecule has 0 aliphatic heterocycles. The zero-order chi connectivity index (χ0) is 30.0. The molecule has 0 atom stereocenters. The molecule has 0 saturated carbocycles. The van der Waals surface area contributed by atoms with Crippen molar-refractivity contribution >= 4 is 11.8 Å². The van der Waals surface area contributed by atoms with Gasteiger partial charge in [-0.25, -0.2) is 4.57 Å². The van der Waals surface area contributed by atoms with Crippen LogP contribution >= 0.6 is 0 Å². The highest BCUT2D eigenvalue weighted by molar-refractivity contribution is 6.10. The van der Waals surface area contributed by atoms with Gasteiger partial charge in [-0.2, -0.15) is 0 Å². The number of unbranched alkanes of at least 4 members (excludes halogenated alkanes) is 11. The maximum absolute atomic E-state index is 13.8. The van der Waals surface area contributed by atoms with E-state index < -0.39 is 0 Å². The van der Waals surface area contributed by atoms with Crippen LogP contribution in [0, 0.1) is 6.92 Å². The van der Waals surface area contributed by atoms with Crippen LogP contribution in [0.15, 0.2) is 72.9 Å². The van der Waals surface area contributed by atoms with Gasteiger partial charge in [0.15, 0.2) is 6.20 Å². The summed E-state index contributed by atoms with van der Waals surface area (Å²) in [5.74, 6) is 0.152. The molecule has 0 radical (unpaired) electrons. The van der Waals surface area contributed by atoms with Crippen molar-refractivity contribution in [2.45, 2.75) is 111 Å².